The molecule has 0 amide bonds. The molecule has 6 heteroatoms. The maximum absolute atomic E-state index is 4.32. The van der Waals surface area contributed by atoms with E-state index < -0.39 is 0 Å². The van der Waals surface area contributed by atoms with Gasteiger partial charge in [0.15, 0.2) is 5.16 Å². The average molecular weight is 263 g/mol. The maximum atomic E-state index is 4.32. The van der Waals surface area contributed by atoms with E-state index in [1.165, 1.54) is 0 Å². The molecule has 2 heterocycles. The predicted octanol–water partition coefficient (Wildman–Crippen LogP) is 1.94. The molecule has 0 atom stereocenters. The van der Waals surface area contributed by atoms with E-state index in [0.717, 1.165) is 35.3 Å². The zero-order valence-electron chi connectivity index (χ0n) is 10.6. The van der Waals surface area contributed by atoms with Crippen LogP contribution in [0.1, 0.15) is 18.2 Å². The fourth-order valence-electron chi connectivity index (χ4n) is 1.66. The third kappa shape index (κ3) is 3.82. The minimum absolute atomic E-state index is 0.829. The quantitative estimate of drug-likeness (QED) is 0.637. The number of hydrogen-bond acceptors (Lipinski definition) is 5. The normalized spacial score (nSPS) is 11.1. The molecule has 0 aliphatic heterocycles. The van der Waals surface area contributed by atoms with Gasteiger partial charge >= 0.3 is 0 Å². The predicted molar refractivity (Wildman–Crippen MR) is 72.2 cm³/mol. The largest absolute Gasteiger partial charge is 0.296 e. The highest BCUT2D eigenvalue weighted by molar-refractivity contribution is 7.99. The molecule has 0 radical (unpaired) electrons. The van der Waals surface area contributed by atoms with Gasteiger partial charge in [-0.15, -0.1) is 0 Å². The standard InChI is InChI=1S/C12H17N5S/c1-3-18-12-13-6-10(7-14-12)8-17(2)9-11-4-5-15-16-11/h4-7H,3,8-9H2,1-2H3,(H,15,16). The van der Waals surface area contributed by atoms with Crippen LogP contribution in [0.4, 0.5) is 0 Å². The molecular formula is C12H17N5S. The first-order valence-electron chi connectivity index (χ1n) is 5.88. The van der Waals surface area contributed by atoms with Crippen molar-refractivity contribution in [2.24, 2.45) is 0 Å². The number of H-pyrrole nitrogens is 1. The van der Waals surface area contributed by atoms with Crippen LogP contribution in [0.2, 0.25) is 0 Å². The molecule has 0 bridgehead atoms. The molecule has 0 spiro atoms. The van der Waals surface area contributed by atoms with Crippen molar-refractivity contribution in [1.29, 1.82) is 0 Å². The number of aromatic nitrogens is 4. The van der Waals surface area contributed by atoms with E-state index in [-0.39, 0.29) is 0 Å². The molecule has 96 valence electrons. The number of nitrogens with zero attached hydrogens (tertiary/aromatic N) is 4. The topological polar surface area (TPSA) is 57.7 Å². The highest BCUT2D eigenvalue weighted by Crippen LogP contribution is 2.12. The van der Waals surface area contributed by atoms with E-state index in [0.29, 0.717) is 0 Å². The minimum Gasteiger partial charge on any atom is -0.296 e. The van der Waals surface area contributed by atoms with Gasteiger partial charge < -0.3 is 0 Å². The lowest BCUT2D eigenvalue weighted by Crippen LogP contribution is -2.17. The van der Waals surface area contributed by atoms with Crippen LogP contribution >= 0.6 is 11.8 Å². The van der Waals surface area contributed by atoms with Gasteiger partial charge in [-0.3, -0.25) is 10.00 Å². The third-order valence-electron chi connectivity index (χ3n) is 2.41. The van der Waals surface area contributed by atoms with Crippen molar-refractivity contribution in [2.75, 3.05) is 12.8 Å². The molecule has 2 aromatic rings. The van der Waals surface area contributed by atoms with Crippen molar-refractivity contribution < 1.29 is 0 Å². The fraction of sp³-hybridized carbons (Fsp3) is 0.417. The lowest BCUT2D eigenvalue weighted by Gasteiger charge is -2.15. The van der Waals surface area contributed by atoms with Crippen LogP contribution in [0, 0.1) is 0 Å². The number of aromatic amines is 1. The smallest absolute Gasteiger partial charge is 0.187 e. The Morgan fingerprint density at radius 1 is 1.28 bits per heavy atom. The van der Waals surface area contributed by atoms with Gasteiger partial charge in [0.2, 0.25) is 0 Å². The Morgan fingerprint density at radius 3 is 2.67 bits per heavy atom. The zero-order chi connectivity index (χ0) is 12.8. The summed E-state index contributed by atoms with van der Waals surface area (Å²) >= 11 is 1.66. The first-order valence-corrected chi connectivity index (χ1v) is 6.87. The first-order chi connectivity index (χ1) is 8.78. The van der Waals surface area contributed by atoms with Crippen molar-refractivity contribution in [3.63, 3.8) is 0 Å². The molecule has 2 aromatic heterocycles. The summed E-state index contributed by atoms with van der Waals surface area (Å²) < 4.78 is 0. The minimum atomic E-state index is 0.829. The summed E-state index contributed by atoms with van der Waals surface area (Å²) in [6.07, 6.45) is 5.56. The first kappa shape index (κ1) is 13.0. The van der Waals surface area contributed by atoms with Crippen LogP contribution < -0.4 is 0 Å². The molecule has 5 nitrogen and oxygen atoms in total. The lowest BCUT2D eigenvalue weighted by atomic mass is 10.3. The van der Waals surface area contributed by atoms with Gasteiger partial charge in [0.1, 0.15) is 0 Å². The average Bonchev–Trinajstić information content (AvgIpc) is 2.84. The lowest BCUT2D eigenvalue weighted by molar-refractivity contribution is 0.314. The molecule has 2 rings (SSSR count). The van der Waals surface area contributed by atoms with Crippen molar-refractivity contribution in [1.82, 2.24) is 25.1 Å². The van der Waals surface area contributed by atoms with Gasteiger partial charge in [0, 0.05) is 42.9 Å². The Labute approximate surface area is 111 Å². The zero-order valence-corrected chi connectivity index (χ0v) is 11.4. The van der Waals surface area contributed by atoms with Crippen LogP contribution in [-0.2, 0) is 13.1 Å². The Hall–Kier alpha value is -1.40. The van der Waals surface area contributed by atoms with Crippen molar-refractivity contribution in [3.8, 4) is 0 Å². The van der Waals surface area contributed by atoms with Gasteiger partial charge in [-0.2, -0.15) is 5.10 Å². The molecule has 0 unspecified atom stereocenters. The molecule has 0 aliphatic rings. The Kier molecular flexibility index (Phi) is 4.72. The Balaban J connectivity index is 1.88. The molecule has 1 N–H and O–H groups in total. The number of rotatable bonds is 6. The monoisotopic (exact) mass is 263 g/mol. The third-order valence-corrected chi connectivity index (χ3v) is 3.16. The second-order valence-electron chi connectivity index (χ2n) is 4.06. The number of nitrogens with one attached hydrogen (secondary N) is 1. The maximum Gasteiger partial charge on any atom is 0.187 e. The molecule has 0 aliphatic carbocycles. The summed E-state index contributed by atoms with van der Waals surface area (Å²) in [5.41, 5.74) is 2.23. The van der Waals surface area contributed by atoms with Crippen LogP contribution in [0.25, 0.3) is 0 Å². The van der Waals surface area contributed by atoms with E-state index in [1.54, 1.807) is 18.0 Å². The SMILES string of the molecule is CCSc1ncc(CN(C)Cc2ccn[nH]2)cn1. The second-order valence-corrected chi connectivity index (χ2v) is 5.29. The fourth-order valence-corrected chi connectivity index (χ4v) is 2.17. The van der Waals surface area contributed by atoms with Crippen molar-refractivity contribution in [3.05, 3.63) is 35.9 Å². The summed E-state index contributed by atoms with van der Waals surface area (Å²) in [5, 5.41) is 7.73. The van der Waals surface area contributed by atoms with Crippen LogP contribution in [-0.4, -0.2) is 37.9 Å². The molecule has 0 saturated carbocycles. The highest BCUT2D eigenvalue weighted by atomic mass is 32.2. The van der Waals surface area contributed by atoms with Crippen LogP contribution in [0.5, 0.6) is 0 Å². The van der Waals surface area contributed by atoms with E-state index in [4.69, 9.17) is 0 Å². The van der Waals surface area contributed by atoms with Crippen LogP contribution in [0.3, 0.4) is 0 Å². The Bertz CT molecular complexity index is 454. The van der Waals surface area contributed by atoms with E-state index in [9.17, 15) is 0 Å². The summed E-state index contributed by atoms with van der Waals surface area (Å²) in [7, 11) is 2.07. The second kappa shape index (κ2) is 6.51. The van der Waals surface area contributed by atoms with Crippen molar-refractivity contribution in [2.45, 2.75) is 25.2 Å². The summed E-state index contributed by atoms with van der Waals surface area (Å²) in [6, 6.07) is 1.98. The number of thioether (sulfide) groups is 1. The van der Waals surface area contributed by atoms with Crippen molar-refractivity contribution >= 4 is 11.8 Å². The molecule has 18 heavy (non-hydrogen) atoms. The summed E-state index contributed by atoms with van der Waals surface area (Å²) in [5.74, 6) is 0.999. The van der Waals surface area contributed by atoms with E-state index in [1.807, 2.05) is 18.5 Å². The number of hydrogen-bond donors (Lipinski definition) is 1. The van der Waals surface area contributed by atoms with Gasteiger partial charge in [-0.25, -0.2) is 9.97 Å². The van der Waals surface area contributed by atoms with Gasteiger partial charge in [0.25, 0.3) is 0 Å². The molecule has 0 saturated heterocycles. The molecule has 0 fully saturated rings. The van der Waals surface area contributed by atoms with Gasteiger partial charge in [0.05, 0.1) is 0 Å². The summed E-state index contributed by atoms with van der Waals surface area (Å²) in [6.45, 7) is 3.77. The molecular weight excluding hydrogens is 246 g/mol. The highest BCUT2D eigenvalue weighted by Gasteiger charge is 2.04. The molecule has 0 aromatic carbocycles. The van der Waals surface area contributed by atoms with Gasteiger partial charge in [-0.1, -0.05) is 18.7 Å². The van der Waals surface area contributed by atoms with Crippen LogP contribution in [0.15, 0.2) is 29.8 Å². The summed E-state index contributed by atoms with van der Waals surface area (Å²) in [4.78, 5) is 10.8. The van der Waals surface area contributed by atoms with Gasteiger partial charge in [-0.05, 0) is 18.9 Å². The van der Waals surface area contributed by atoms with E-state index >= 15 is 0 Å². The Morgan fingerprint density at radius 2 is 2.06 bits per heavy atom. The van der Waals surface area contributed by atoms with E-state index in [2.05, 4.69) is 39.0 Å².